The molecular weight excluding hydrogens is 298 g/mol. The number of nitrogens with one attached hydrogen (secondary N) is 1. The van der Waals surface area contributed by atoms with E-state index in [-0.39, 0.29) is 18.0 Å². The van der Waals surface area contributed by atoms with E-state index in [0.717, 1.165) is 10.2 Å². The molecule has 0 bridgehead atoms. The Kier molecular flexibility index (Phi) is 5.87. The number of hydrogen-bond acceptors (Lipinski definition) is 5. The van der Waals surface area contributed by atoms with Gasteiger partial charge in [0, 0.05) is 25.3 Å². The lowest BCUT2D eigenvalue weighted by atomic mass is 10.1. The summed E-state index contributed by atoms with van der Waals surface area (Å²) in [6.07, 6.45) is 0. The predicted octanol–water partition coefficient (Wildman–Crippen LogP) is 0.681. The molecule has 0 unspecified atom stereocenters. The van der Waals surface area contributed by atoms with E-state index < -0.39 is 0 Å². The Morgan fingerprint density at radius 1 is 1.26 bits per heavy atom. The van der Waals surface area contributed by atoms with Gasteiger partial charge in [0.2, 0.25) is 5.91 Å². The van der Waals surface area contributed by atoms with Crippen LogP contribution in [0.5, 0.6) is 5.75 Å². The van der Waals surface area contributed by atoms with Crippen LogP contribution in [-0.2, 0) is 16.1 Å². The average Bonchev–Trinajstić information content (AvgIpc) is 2.57. The zero-order valence-corrected chi connectivity index (χ0v) is 13.1. The fourth-order valence-corrected chi connectivity index (χ4v) is 1.98. The molecule has 0 aliphatic heterocycles. The number of methoxy groups -OCH3 is 2. The van der Waals surface area contributed by atoms with Gasteiger partial charge in [-0.25, -0.2) is 4.68 Å². The van der Waals surface area contributed by atoms with Gasteiger partial charge in [-0.3, -0.25) is 9.59 Å². The molecule has 0 saturated carbocycles. The number of hydrogen-bond donors (Lipinski definition) is 1. The summed E-state index contributed by atoms with van der Waals surface area (Å²) >= 11 is 0. The summed E-state index contributed by atoms with van der Waals surface area (Å²) in [5.41, 5.74) is 1.06. The molecule has 1 aromatic carbocycles. The van der Waals surface area contributed by atoms with E-state index in [1.54, 1.807) is 20.3 Å². The van der Waals surface area contributed by atoms with E-state index in [0.29, 0.717) is 24.6 Å². The third-order valence-corrected chi connectivity index (χ3v) is 3.15. The van der Waals surface area contributed by atoms with Crippen LogP contribution in [0.25, 0.3) is 11.3 Å². The first kappa shape index (κ1) is 16.7. The first-order chi connectivity index (χ1) is 11.1. The Morgan fingerprint density at radius 2 is 2.09 bits per heavy atom. The summed E-state index contributed by atoms with van der Waals surface area (Å²) in [6.45, 7) is 0.665. The fourth-order valence-electron chi connectivity index (χ4n) is 1.98. The molecule has 0 atom stereocenters. The molecule has 0 aliphatic rings. The molecule has 1 N–H and O–H groups in total. The van der Waals surface area contributed by atoms with E-state index in [4.69, 9.17) is 9.47 Å². The summed E-state index contributed by atoms with van der Waals surface area (Å²) in [5.74, 6) is 0.402. The van der Waals surface area contributed by atoms with Crippen molar-refractivity contribution in [3.8, 4) is 17.0 Å². The standard InChI is InChI=1S/C16H19N3O4/c1-22-9-8-17-15(20)11-19-16(21)7-6-14(18-19)12-4-3-5-13(10-12)23-2/h3-7,10H,8-9,11H2,1-2H3,(H,17,20). The van der Waals surface area contributed by atoms with Crippen molar-refractivity contribution in [1.82, 2.24) is 15.1 Å². The minimum Gasteiger partial charge on any atom is -0.497 e. The topological polar surface area (TPSA) is 82.4 Å². The zero-order valence-electron chi connectivity index (χ0n) is 13.1. The molecule has 1 aromatic heterocycles. The number of carbonyl (C=O) groups excluding carboxylic acids is 1. The number of nitrogens with zero attached hydrogens (tertiary/aromatic N) is 2. The molecule has 7 nitrogen and oxygen atoms in total. The predicted molar refractivity (Wildman–Crippen MR) is 85.4 cm³/mol. The molecule has 23 heavy (non-hydrogen) atoms. The van der Waals surface area contributed by atoms with Gasteiger partial charge in [-0.1, -0.05) is 12.1 Å². The first-order valence-corrected chi connectivity index (χ1v) is 7.12. The van der Waals surface area contributed by atoms with Crippen molar-refractivity contribution >= 4 is 5.91 Å². The van der Waals surface area contributed by atoms with Crippen LogP contribution < -0.4 is 15.6 Å². The molecular formula is C16H19N3O4. The van der Waals surface area contributed by atoms with Gasteiger partial charge in [0.25, 0.3) is 5.56 Å². The van der Waals surface area contributed by atoms with E-state index in [1.807, 2.05) is 24.3 Å². The number of amides is 1. The van der Waals surface area contributed by atoms with Crippen LogP contribution in [0, 0.1) is 0 Å². The highest BCUT2D eigenvalue weighted by molar-refractivity contribution is 5.75. The molecule has 2 aromatic rings. The van der Waals surface area contributed by atoms with Crippen molar-refractivity contribution in [2.24, 2.45) is 0 Å². The van der Waals surface area contributed by atoms with Gasteiger partial charge < -0.3 is 14.8 Å². The largest absolute Gasteiger partial charge is 0.497 e. The molecule has 0 radical (unpaired) electrons. The van der Waals surface area contributed by atoms with Gasteiger partial charge in [-0.05, 0) is 18.2 Å². The summed E-state index contributed by atoms with van der Waals surface area (Å²) in [5, 5.41) is 6.90. The molecule has 2 rings (SSSR count). The number of aromatic nitrogens is 2. The van der Waals surface area contributed by atoms with Crippen LogP contribution >= 0.6 is 0 Å². The van der Waals surface area contributed by atoms with Gasteiger partial charge in [0.1, 0.15) is 12.3 Å². The Hall–Kier alpha value is -2.67. The second kappa shape index (κ2) is 8.09. The van der Waals surface area contributed by atoms with E-state index in [9.17, 15) is 9.59 Å². The lowest BCUT2D eigenvalue weighted by molar-refractivity contribution is -0.122. The van der Waals surface area contributed by atoms with Crippen molar-refractivity contribution in [1.29, 1.82) is 0 Å². The van der Waals surface area contributed by atoms with Gasteiger partial charge in [-0.15, -0.1) is 0 Å². The van der Waals surface area contributed by atoms with Crippen molar-refractivity contribution < 1.29 is 14.3 Å². The summed E-state index contributed by atoms with van der Waals surface area (Å²) in [7, 11) is 3.13. The minimum atomic E-state index is -0.335. The van der Waals surface area contributed by atoms with Crippen LogP contribution in [0.4, 0.5) is 0 Å². The second-order valence-electron chi connectivity index (χ2n) is 4.79. The molecule has 0 spiro atoms. The maximum Gasteiger partial charge on any atom is 0.267 e. The summed E-state index contributed by atoms with van der Waals surface area (Å²) in [6, 6.07) is 10.3. The monoisotopic (exact) mass is 317 g/mol. The highest BCUT2D eigenvalue weighted by Crippen LogP contribution is 2.20. The van der Waals surface area contributed by atoms with Crippen molar-refractivity contribution in [3.05, 3.63) is 46.8 Å². The molecule has 122 valence electrons. The van der Waals surface area contributed by atoms with Gasteiger partial charge in [-0.2, -0.15) is 5.10 Å². The smallest absolute Gasteiger partial charge is 0.267 e. The van der Waals surface area contributed by atoms with Crippen molar-refractivity contribution in [2.75, 3.05) is 27.4 Å². The fraction of sp³-hybridized carbons (Fsp3) is 0.312. The molecule has 0 saturated heterocycles. The van der Waals surface area contributed by atoms with Crippen LogP contribution in [0.1, 0.15) is 0 Å². The Bertz CT molecular complexity index is 727. The van der Waals surface area contributed by atoms with Crippen LogP contribution in [0.3, 0.4) is 0 Å². The zero-order chi connectivity index (χ0) is 16.7. The average molecular weight is 317 g/mol. The number of rotatable bonds is 7. The van der Waals surface area contributed by atoms with Crippen molar-refractivity contribution in [3.63, 3.8) is 0 Å². The molecule has 0 fully saturated rings. The van der Waals surface area contributed by atoms with E-state index >= 15 is 0 Å². The van der Waals surface area contributed by atoms with Crippen LogP contribution in [0.15, 0.2) is 41.2 Å². The maximum absolute atomic E-state index is 11.9. The number of benzene rings is 1. The van der Waals surface area contributed by atoms with Gasteiger partial charge >= 0.3 is 0 Å². The summed E-state index contributed by atoms with van der Waals surface area (Å²) < 4.78 is 11.2. The maximum atomic E-state index is 11.9. The number of carbonyl (C=O) groups is 1. The minimum absolute atomic E-state index is 0.139. The Balaban J connectivity index is 2.18. The van der Waals surface area contributed by atoms with Gasteiger partial charge in [0.05, 0.1) is 19.4 Å². The first-order valence-electron chi connectivity index (χ1n) is 7.12. The van der Waals surface area contributed by atoms with Gasteiger partial charge in [0.15, 0.2) is 0 Å². The van der Waals surface area contributed by atoms with Crippen LogP contribution in [-0.4, -0.2) is 43.1 Å². The van der Waals surface area contributed by atoms with Crippen LogP contribution in [0.2, 0.25) is 0 Å². The normalized spacial score (nSPS) is 10.3. The summed E-state index contributed by atoms with van der Waals surface area (Å²) in [4.78, 5) is 23.7. The van der Waals surface area contributed by atoms with E-state index in [1.165, 1.54) is 6.07 Å². The van der Waals surface area contributed by atoms with E-state index in [2.05, 4.69) is 10.4 Å². The Labute approximate surface area is 133 Å². The molecule has 0 aliphatic carbocycles. The highest BCUT2D eigenvalue weighted by atomic mass is 16.5. The number of ether oxygens (including phenoxy) is 2. The molecule has 1 heterocycles. The lowest BCUT2D eigenvalue weighted by Gasteiger charge is -2.08. The third kappa shape index (κ3) is 4.65. The SMILES string of the molecule is COCCNC(=O)Cn1nc(-c2cccc(OC)c2)ccc1=O. The third-order valence-electron chi connectivity index (χ3n) is 3.15. The van der Waals surface area contributed by atoms with Crippen molar-refractivity contribution in [2.45, 2.75) is 6.54 Å². The second-order valence-corrected chi connectivity index (χ2v) is 4.79. The highest BCUT2D eigenvalue weighted by Gasteiger charge is 2.08. The lowest BCUT2D eigenvalue weighted by Crippen LogP contribution is -2.35. The molecule has 1 amide bonds. The molecule has 7 heteroatoms. The quantitative estimate of drug-likeness (QED) is 0.760. The Morgan fingerprint density at radius 3 is 2.83 bits per heavy atom.